The lowest BCUT2D eigenvalue weighted by Gasteiger charge is -2.18. The highest BCUT2D eigenvalue weighted by atomic mass is 19.1. The van der Waals surface area contributed by atoms with Crippen molar-refractivity contribution in [3.63, 3.8) is 0 Å². The van der Waals surface area contributed by atoms with Gasteiger partial charge in [0.2, 0.25) is 0 Å². The molecule has 2 atom stereocenters. The number of benzene rings is 1. The Kier molecular flexibility index (Phi) is 4.42. The molecule has 1 aromatic carbocycles. The third-order valence-electron chi connectivity index (χ3n) is 2.35. The number of esters is 1. The van der Waals surface area contributed by atoms with E-state index in [1.807, 2.05) is 0 Å². The molecule has 6 heteroatoms. The number of aliphatic hydroxyl groups is 2. The van der Waals surface area contributed by atoms with Crippen LogP contribution in [0.25, 0.3) is 0 Å². The third-order valence-corrected chi connectivity index (χ3v) is 2.35. The van der Waals surface area contributed by atoms with E-state index in [1.54, 1.807) is 0 Å². The average molecular weight is 243 g/mol. The third kappa shape index (κ3) is 3.15. The van der Waals surface area contributed by atoms with E-state index in [2.05, 4.69) is 4.74 Å². The van der Waals surface area contributed by atoms with Crippen LogP contribution >= 0.6 is 0 Å². The first-order valence-electron chi connectivity index (χ1n) is 4.94. The van der Waals surface area contributed by atoms with E-state index >= 15 is 0 Å². The number of hydrogen-bond donors (Lipinski definition) is 3. The molecule has 0 spiro atoms. The van der Waals surface area contributed by atoms with E-state index in [-0.39, 0.29) is 11.3 Å². The minimum absolute atomic E-state index is 0.133. The Labute approximate surface area is 97.6 Å². The predicted octanol–water partition coefficient (Wildman–Crippen LogP) is 0.365. The van der Waals surface area contributed by atoms with Crippen molar-refractivity contribution in [2.45, 2.75) is 18.6 Å². The van der Waals surface area contributed by atoms with E-state index in [4.69, 9.17) is 5.73 Å². The molecule has 0 aliphatic heterocycles. The molecular weight excluding hydrogens is 229 g/mol. The number of carbonyl (C=O) groups excluding carboxylic acids is 1. The number of carbonyl (C=O) groups is 1. The Bertz CT molecular complexity index is 410. The molecule has 2 unspecified atom stereocenters. The highest BCUT2D eigenvalue weighted by Gasteiger charge is 2.24. The summed E-state index contributed by atoms with van der Waals surface area (Å²) in [4.78, 5) is 10.9. The van der Waals surface area contributed by atoms with E-state index < -0.39 is 30.4 Å². The number of aliphatic hydroxyl groups excluding tert-OH is 2. The standard InChI is InChI=1S/C11H14FNO4/c1-17-9(15)5-8(14)11(16)6-3-2-4-7(13)10(6)12/h2-4,8,11,14,16H,5,13H2,1H3. The molecule has 0 aliphatic rings. The van der Waals surface area contributed by atoms with Gasteiger partial charge in [0.15, 0.2) is 5.82 Å². The summed E-state index contributed by atoms with van der Waals surface area (Å²) in [6, 6.07) is 4.07. The van der Waals surface area contributed by atoms with Crippen molar-refractivity contribution in [2.24, 2.45) is 0 Å². The first kappa shape index (κ1) is 13.4. The first-order valence-corrected chi connectivity index (χ1v) is 4.94. The van der Waals surface area contributed by atoms with Gasteiger partial charge in [0.05, 0.1) is 25.3 Å². The highest BCUT2D eigenvalue weighted by molar-refractivity contribution is 5.69. The van der Waals surface area contributed by atoms with Crippen molar-refractivity contribution in [3.05, 3.63) is 29.6 Å². The topological polar surface area (TPSA) is 92.8 Å². The van der Waals surface area contributed by atoms with Gasteiger partial charge in [-0.3, -0.25) is 4.79 Å². The van der Waals surface area contributed by atoms with Crippen LogP contribution in [0.5, 0.6) is 0 Å². The molecule has 1 rings (SSSR count). The smallest absolute Gasteiger partial charge is 0.308 e. The highest BCUT2D eigenvalue weighted by Crippen LogP contribution is 2.25. The molecular formula is C11H14FNO4. The summed E-state index contributed by atoms with van der Waals surface area (Å²) < 4.78 is 17.9. The molecule has 1 aromatic rings. The molecule has 4 N–H and O–H groups in total. The van der Waals surface area contributed by atoms with E-state index in [9.17, 15) is 19.4 Å². The molecule has 0 bridgehead atoms. The van der Waals surface area contributed by atoms with Crippen LogP contribution in [0.4, 0.5) is 10.1 Å². The fourth-order valence-electron chi connectivity index (χ4n) is 1.37. The number of ether oxygens (including phenoxy) is 1. The average Bonchev–Trinajstić information content (AvgIpc) is 2.31. The predicted molar refractivity (Wildman–Crippen MR) is 58.4 cm³/mol. The van der Waals surface area contributed by atoms with E-state index in [0.29, 0.717) is 0 Å². The maximum Gasteiger partial charge on any atom is 0.308 e. The second kappa shape index (κ2) is 5.60. The number of nitrogen functional groups attached to an aromatic ring is 1. The normalized spacial score (nSPS) is 14.1. The van der Waals surface area contributed by atoms with Gasteiger partial charge in [-0.05, 0) is 6.07 Å². The largest absolute Gasteiger partial charge is 0.469 e. The summed E-state index contributed by atoms with van der Waals surface area (Å²) in [5.74, 6) is -1.50. The zero-order valence-corrected chi connectivity index (χ0v) is 9.26. The van der Waals surface area contributed by atoms with Crippen molar-refractivity contribution in [1.29, 1.82) is 0 Å². The molecule has 17 heavy (non-hydrogen) atoms. The zero-order chi connectivity index (χ0) is 13.0. The van der Waals surface area contributed by atoms with Crippen LogP contribution < -0.4 is 5.73 Å². The number of hydrogen-bond acceptors (Lipinski definition) is 5. The van der Waals surface area contributed by atoms with Gasteiger partial charge in [-0.25, -0.2) is 4.39 Å². The maximum absolute atomic E-state index is 13.5. The molecule has 0 aromatic heterocycles. The van der Waals surface area contributed by atoms with Gasteiger partial charge in [0.1, 0.15) is 6.10 Å². The van der Waals surface area contributed by atoms with Crippen LogP contribution in [0.3, 0.4) is 0 Å². The van der Waals surface area contributed by atoms with Gasteiger partial charge in [0, 0.05) is 5.56 Å². The first-order chi connectivity index (χ1) is 7.97. The van der Waals surface area contributed by atoms with Gasteiger partial charge < -0.3 is 20.7 Å². The van der Waals surface area contributed by atoms with Gasteiger partial charge in [-0.1, -0.05) is 12.1 Å². The molecule has 94 valence electrons. The summed E-state index contributed by atoms with van der Waals surface area (Å²) in [5, 5.41) is 19.2. The number of anilines is 1. The number of rotatable bonds is 4. The fourth-order valence-corrected chi connectivity index (χ4v) is 1.37. The Morgan fingerprint density at radius 2 is 2.18 bits per heavy atom. The molecule has 0 fully saturated rings. The van der Waals surface area contributed by atoms with Crippen molar-refractivity contribution in [2.75, 3.05) is 12.8 Å². The SMILES string of the molecule is COC(=O)CC(O)C(O)c1cccc(N)c1F. The second-order valence-electron chi connectivity index (χ2n) is 3.54. The fraction of sp³-hybridized carbons (Fsp3) is 0.364. The van der Waals surface area contributed by atoms with Crippen LogP contribution in [0.15, 0.2) is 18.2 Å². The number of nitrogens with two attached hydrogens (primary N) is 1. The number of methoxy groups -OCH3 is 1. The lowest BCUT2D eigenvalue weighted by Crippen LogP contribution is -2.23. The van der Waals surface area contributed by atoms with Crippen LogP contribution in [0.2, 0.25) is 0 Å². The van der Waals surface area contributed by atoms with Crippen LogP contribution in [0.1, 0.15) is 18.1 Å². The summed E-state index contributed by atoms with van der Waals surface area (Å²) in [5.41, 5.74) is 5.04. The van der Waals surface area contributed by atoms with Crippen molar-refractivity contribution >= 4 is 11.7 Å². The van der Waals surface area contributed by atoms with Gasteiger partial charge in [-0.15, -0.1) is 0 Å². The Hall–Kier alpha value is -1.66. The summed E-state index contributed by atoms with van der Waals surface area (Å²) in [6.45, 7) is 0. The quantitative estimate of drug-likeness (QED) is 0.524. The maximum atomic E-state index is 13.5. The van der Waals surface area contributed by atoms with Crippen LogP contribution in [0, 0.1) is 5.82 Å². The van der Waals surface area contributed by atoms with Crippen molar-refractivity contribution in [3.8, 4) is 0 Å². The van der Waals surface area contributed by atoms with Gasteiger partial charge in [-0.2, -0.15) is 0 Å². The minimum atomic E-state index is -1.53. The lowest BCUT2D eigenvalue weighted by atomic mass is 10.0. The molecule has 0 amide bonds. The van der Waals surface area contributed by atoms with Crippen molar-refractivity contribution < 1.29 is 24.1 Å². The van der Waals surface area contributed by atoms with E-state index in [1.165, 1.54) is 18.2 Å². The van der Waals surface area contributed by atoms with Gasteiger partial charge >= 0.3 is 5.97 Å². The summed E-state index contributed by atoms with van der Waals surface area (Å²) in [6.07, 6.45) is -3.40. The Balaban J connectivity index is 2.85. The minimum Gasteiger partial charge on any atom is -0.469 e. The van der Waals surface area contributed by atoms with E-state index in [0.717, 1.165) is 7.11 Å². The molecule has 0 radical (unpaired) electrons. The van der Waals surface area contributed by atoms with Crippen LogP contribution in [-0.2, 0) is 9.53 Å². The molecule has 5 nitrogen and oxygen atoms in total. The zero-order valence-electron chi connectivity index (χ0n) is 9.26. The lowest BCUT2D eigenvalue weighted by molar-refractivity contribution is -0.144. The summed E-state index contributed by atoms with van der Waals surface area (Å²) in [7, 11) is 1.16. The number of halogens is 1. The molecule has 0 saturated heterocycles. The Morgan fingerprint density at radius 3 is 2.76 bits per heavy atom. The van der Waals surface area contributed by atoms with Gasteiger partial charge in [0.25, 0.3) is 0 Å². The molecule has 0 saturated carbocycles. The molecule has 0 aliphatic carbocycles. The summed E-state index contributed by atoms with van der Waals surface area (Å²) >= 11 is 0. The van der Waals surface area contributed by atoms with Crippen LogP contribution in [-0.4, -0.2) is 29.4 Å². The van der Waals surface area contributed by atoms with Crippen molar-refractivity contribution in [1.82, 2.24) is 0 Å². The monoisotopic (exact) mass is 243 g/mol. The Morgan fingerprint density at radius 1 is 1.53 bits per heavy atom. The molecule has 0 heterocycles. The second-order valence-corrected chi connectivity index (χ2v) is 3.54.